The lowest BCUT2D eigenvalue weighted by Crippen LogP contribution is -2.32. The van der Waals surface area contributed by atoms with E-state index in [9.17, 15) is 4.79 Å². The Morgan fingerprint density at radius 3 is 2.61 bits per heavy atom. The van der Waals surface area contributed by atoms with E-state index in [1.807, 2.05) is 36.4 Å². The molecule has 2 heterocycles. The van der Waals surface area contributed by atoms with Crippen LogP contribution in [-0.2, 0) is 6.54 Å². The topological polar surface area (TPSA) is 51.0 Å². The second-order valence-electron chi connectivity index (χ2n) is 5.34. The summed E-state index contributed by atoms with van der Waals surface area (Å²) in [6, 6.07) is 12.0. The molecule has 0 aliphatic rings. The van der Waals surface area contributed by atoms with Crippen molar-refractivity contribution < 1.29 is 0 Å². The molecular weight excluding hydrogens is 308 g/mol. The van der Waals surface area contributed by atoms with E-state index in [1.54, 1.807) is 0 Å². The molecule has 0 saturated carbocycles. The van der Waals surface area contributed by atoms with Crippen molar-refractivity contribution in [2.75, 3.05) is 19.6 Å². The Kier molecular flexibility index (Phi) is 4.83. The molecular formula is C17H20N4OS. The zero-order chi connectivity index (χ0) is 16.2. The number of hydrogen-bond acceptors (Lipinski definition) is 5. The molecule has 0 radical (unpaired) electrons. The lowest BCUT2D eigenvalue weighted by Gasteiger charge is -2.17. The van der Waals surface area contributed by atoms with Gasteiger partial charge in [-0.05, 0) is 24.7 Å². The third-order valence-electron chi connectivity index (χ3n) is 4.00. The highest BCUT2D eigenvalue weighted by Gasteiger charge is 2.11. The maximum Gasteiger partial charge on any atom is 0.278 e. The fraction of sp³-hybridized carbons (Fsp3) is 0.353. The lowest BCUT2D eigenvalue weighted by molar-refractivity contribution is 0.281. The molecule has 0 fully saturated rings. The molecule has 6 heteroatoms. The summed E-state index contributed by atoms with van der Waals surface area (Å²) >= 11 is 1.51. The minimum atomic E-state index is -0.0550. The summed E-state index contributed by atoms with van der Waals surface area (Å²) < 4.78 is 1.47. The molecule has 2 aromatic heterocycles. The van der Waals surface area contributed by atoms with Gasteiger partial charge in [0.25, 0.3) is 5.56 Å². The largest absolute Gasteiger partial charge is 0.302 e. The van der Waals surface area contributed by atoms with Crippen LogP contribution in [-0.4, -0.2) is 39.5 Å². The summed E-state index contributed by atoms with van der Waals surface area (Å²) in [5, 5.41) is 8.98. The first-order valence-corrected chi connectivity index (χ1v) is 8.69. The highest BCUT2D eigenvalue weighted by atomic mass is 32.1. The Balaban J connectivity index is 1.92. The van der Waals surface area contributed by atoms with Gasteiger partial charge in [0, 0.05) is 11.4 Å². The fourth-order valence-corrected chi connectivity index (χ4v) is 3.52. The first kappa shape index (κ1) is 15.8. The zero-order valence-corrected chi connectivity index (χ0v) is 14.2. The van der Waals surface area contributed by atoms with Crippen LogP contribution in [0, 0.1) is 0 Å². The summed E-state index contributed by atoms with van der Waals surface area (Å²) in [7, 11) is 0. The second-order valence-corrected chi connectivity index (χ2v) is 6.37. The van der Waals surface area contributed by atoms with Crippen molar-refractivity contribution >= 4 is 21.6 Å². The van der Waals surface area contributed by atoms with E-state index in [0.717, 1.165) is 30.1 Å². The van der Waals surface area contributed by atoms with Crippen molar-refractivity contribution in [1.29, 1.82) is 0 Å². The Bertz CT molecular complexity index is 837. The molecule has 23 heavy (non-hydrogen) atoms. The van der Waals surface area contributed by atoms with E-state index in [-0.39, 0.29) is 5.56 Å². The normalized spacial score (nSPS) is 11.4. The predicted octanol–water partition coefficient (Wildman–Crippen LogP) is 2.86. The highest BCUT2D eigenvalue weighted by Crippen LogP contribution is 2.30. The first-order chi connectivity index (χ1) is 11.2. The molecule has 0 unspecified atom stereocenters. The molecule has 0 aliphatic heterocycles. The molecule has 0 N–H and O–H groups in total. The smallest absolute Gasteiger partial charge is 0.278 e. The number of likely N-dealkylation sites (N-methyl/N-ethyl adjacent to an activating group) is 1. The van der Waals surface area contributed by atoms with Crippen molar-refractivity contribution in [2.24, 2.45) is 0 Å². The van der Waals surface area contributed by atoms with Gasteiger partial charge in [-0.25, -0.2) is 4.68 Å². The van der Waals surface area contributed by atoms with Gasteiger partial charge in [0.15, 0.2) is 4.83 Å². The lowest BCUT2D eigenvalue weighted by atomic mass is 10.2. The first-order valence-electron chi connectivity index (χ1n) is 7.88. The molecule has 0 bridgehead atoms. The van der Waals surface area contributed by atoms with Crippen LogP contribution in [0.5, 0.6) is 0 Å². The quantitative estimate of drug-likeness (QED) is 0.698. The summed E-state index contributed by atoms with van der Waals surface area (Å²) in [6.45, 7) is 7.55. The Morgan fingerprint density at radius 1 is 1.17 bits per heavy atom. The number of rotatable bonds is 6. The predicted molar refractivity (Wildman–Crippen MR) is 94.9 cm³/mol. The third kappa shape index (κ3) is 3.33. The van der Waals surface area contributed by atoms with Crippen LogP contribution in [0.1, 0.15) is 13.8 Å². The van der Waals surface area contributed by atoms with Crippen LogP contribution in [0.25, 0.3) is 20.7 Å². The molecule has 0 aliphatic carbocycles. The second kappa shape index (κ2) is 7.02. The molecule has 0 saturated heterocycles. The third-order valence-corrected chi connectivity index (χ3v) is 5.07. The Labute approximate surface area is 139 Å². The van der Waals surface area contributed by atoms with E-state index in [1.165, 1.54) is 16.0 Å². The van der Waals surface area contributed by atoms with Crippen molar-refractivity contribution in [2.45, 2.75) is 20.4 Å². The van der Waals surface area contributed by atoms with Crippen LogP contribution in [0.4, 0.5) is 0 Å². The van der Waals surface area contributed by atoms with Gasteiger partial charge >= 0.3 is 0 Å². The van der Waals surface area contributed by atoms with E-state index in [0.29, 0.717) is 16.8 Å². The molecule has 0 spiro atoms. The maximum atomic E-state index is 12.6. The Hall–Kier alpha value is -2.05. The summed E-state index contributed by atoms with van der Waals surface area (Å²) in [5.41, 5.74) is 1.05. The van der Waals surface area contributed by atoms with Crippen molar-refractivity contribution in [3.8, 4) is 10.4 Å². The summed E-state index contributed by atoms with van der Waals surface area (Å²) in [5.74, 6) is 0. The van der Waals surface area contributed by atoms with E-state index < -0.39 is 0 Å². The number of aromatic nitrogens is 3. The molecule has 5 nitrogen and oxygen atoms in total. The maximum absolute atomic E-state index is 12.6. The van der Waals surface area contributed by atoms with E-state index >= 15 is 0 Å². The van der Waals surface area contributed by atoms with Gasteiger partial charge in [-0.3, -0.25) is 4.79 Å². The minimum absolute atomic E-state index is 0.0550. The average Bonchev–Trinajstić information content (AvgIpc) is 3.03. The number of hydrogen-bond donors (Lipinski definition) is 0. The van der Waals surface area contributed by atoms with Gasteiger partial charge in [0.05, 0.1) is 11.9 Å². The van der Waals surface area contributed by atoms with Crippen molar-refractivity contribution in [3.63, 3.8) is 0 Å². The van der Waals surface area contributed by atoms with Gasteiger partial charge in [0.1, 0.15) is 0 Å². The van der Waals surface area contributed by atoms with Crippen LogP contribution in [0.15, 0.2) is 41.2 Å². The van der Waals surface area contributed by atoms with Gasteiger partial charge in [-0.2, -0.15) is 0 Å². The monoisotopic (exact) mass is 328 g/mol. The van der Waals surface area contributed by atoms with Crippen molar-refractivity contribution in [3.05, 3.63) is 46.8 Å². The summed E-state index contributed by atoms with van der Waals surface area (Å²) in [6.07, 6.45) is 0. The fourth-order valence-electron chi connectivity index (χ4n) is 2.55. The number of fused-ring (bicyclic) bond motifs is 1. The van der Waals surface area contributed by atoms with Crippen LogP contribution < -0.4 is 5.56 Å². The van der Waals surface area contributed by atoms with Crippen molar-refractivity contribution in [1.82, 2.24) is 19.9 Å². The SMILES string of the molecule is CCN(CC)CCn1nnc2sc(-c3ccccc3)cc2c1=O. The molecule has 1 aromatic carbocycles. The molecule has 0 atom stereocenters. The number of benzene rings is 1. The van der Waals surface area contributed by atoms with Gasteiger partial charge in [0.2, 0.25) is 0 Å². The molecule has 0 amide bonds. The highest BCUT2D eigenvalue weighted by molar-refractivity contribution is 7.21. The minimum Gasteiger partial charge on any atom is -0.302 e. The van der Waals surface area contributed by atoms with E-state index in [4.69, 9.17) is 0 Å². The van der Waals surface area contributed by atoms with Gasteiger partial charge in [-0.15, -0.1) is 16.4 Å². The number of thiophene rings is 1. The molecule has 120 valence electrons. The number of nitrogens with zero attached hydrogens (tertiary/aromatic N) is 4. The standard InChI is InChI=1S/C17H20N4OS/c1-3-20(4-2)10-11-21-17(22)14-12-15(23-16(14)18-19-21)13-8-6-5-7-9-13/h5-9,12H,3-4,10-11H2,1-2H3. The van der Waals surface area contributed by atoms with Crippen LogP contribution in [0.3, 0.4) is 0 Å². The average molecular weight is 328 g/mol. The van der Waals surface area contributed by atoms with Gasteiger partial charge < -0.3 is 4.90 Å². The zero-order valence-electron chi connectivity index (χ0n) is 13.4. The molecule has 3 rings (SSSR count). The van der Waals surface area contributed by atoms with Crippen LogP contribution in [0.2, 0.25) is 0 Å². The Morgan fingerprint density at radius 2 is 1.91 bits per heavy atom. The summed E-state index contributed by atoms with van der Waals surface area (Å²) in [4.78, 5) is 16.6. The van der Waals surface area contributed by atoms with Gasteiger partial charge in [-0.1, -0.05) is 49.4 Å². The molecule has 3 aromatic rings. The van der Waals surface area contributed by atoms with Crippen LogP contribution >= 0.6 is 11.3 Å². The van der Waals surface area contributed by atoms with E-state index in [2.05, 4.69) is 29.1 Å².